The van der Waals surface area contributed by atoms with E-state index in [2.05, 4.69) is 34.6 Å². The van der Waals surface area contributed by atoms with Crippen LogP contribution in [0.3, 0.4) is 0 Å². The smallest absolute Gasteiger partial charge is 0.225 e. The zero-order chi connectivity index (χ0) is 19.0. The number of hydrogen-bond donors (Lipinski definition) is 1. The van der Waals surface area contributed by atoms with Gasteiger partial charge in [0, 0.05) is 49.5 Å². The Balaban J connectivity index is 1.35. The standard InChI is InChI=1S/C21H33N5O/c1-14(2)20(27)24-17-6-4-15(5-7-17)16-10-22-21(23-11-16)26-18-8-9-19(26)13-25(3)12-18/h10-11,14-15,17-19H,4-9,12-13H2,1-3H3,(H,24,27)/t15-,17+,18?,19?. The van der Waals surface area contributed by atoms with Gasteiger partial charge in [0.05, 0.1) is 0 Å². The van der Waals surface area contributed by atoms with Crippen molar-refractivity contribution in [2.24, 2.45) is 5.92 Å². The van der Waals surface area contributed by atoms with E-state index in [1.807, 2.05) is 13.8 Å². The molecule has 6 heteroatoms. The first kappa shape index (κ1) is 18.7. The van der Waals surface area contributed by atoms with E-state index in [4.69, 9.17) is 9.97 Å². The lowest BCUT2D eigenvalue weighted by Gasteiger charge is -2.39. The molecule has 2 saturated heterocycles. The Morgan fingerprint density at radius 1 is 1.04 bits per heavy atom. The number of hydrogen-bond acceptors (Lipinski definition) is 5. The number of aromatic nitrogens is 2. The number of fused-ring (bicyclic) bond motifs is 2. The van der Waals surface area contributed by atoms with E-state index in [9.17, 15) is 4.79 Å². The normalized spacial score (nSPS) is 31.3. The quantitative estimate of drug-likeness (QED) is 0.881. The maximum atomic E-state index is 11.9. The Labute approximate surface area is 162 Å². The molecule has 27 heavy (non-hydrogen) atoms. The molecular weight excluding hydrogens is 338 g/mol. The Hall–Kier alpha value is -1.69. The van der Waals surface area contributed by atoms with Crippen molar-refractivity contribution in [3.05, 3.63) is 18.0 Å². The van der Waals surface area contributed by atoms with E-state index in [0.717, 1.165) is 44.7 Å². The first-order chi connectivity index (χ1) is 13.0. The number of nitrogens with one attached hydrogen (secondary N) is 1. The van der Waals surface area contributed by atoms with Gasteiger partial charge in [-0.1, -0.05) is 13.8 Å². The van der Waals surface area contributed by atoms with Gasteiger partial charge in [0.1, 0.15) is 0 Å². The van der Waals surface area contributed by atoms with E-state index in [1.165, 1.54) is 18.4 Å². The van der Waals surface area contributed by atoms with Crippen molar-refractivity contribution < 1.29 is 4.79 Å². The number of anilines is 1. The lowest BCUT2D eigenvalue weighted by atomic mass is 9.82. The summed E-state index contributed by atoms with van der Waals surface area (Å²) in [4.78, 5) is 26.3. The average molecular weight is 372 g/mol. The van der Waals surface area contributed by atoms with Gasteiger partial charge < -0.3 is 15.1 Å². The average Bonchev–Trinajstić information content (AvgIpc) is 2.93. The molecule has 1 aliphatic carbocycles. The van der Waals surface area contributed by atoms with Gasteiger partial charge in [-0.05, 0) is 57.1 Å². The van der Waals surface area contributed by atoms with E-state index >= 15 is 0 Å². The molecule has 3 heterocycles. The molecule has 6 nitrogen and oxygen atoms in total. The number of nitrogens with zero attached hydrogens (tertiary/aromatic N) is 4. The van der Waals surface area contributed by atoms with E-state index in [1.54, 1.807) is 0 Å². The summed E-state index contributed by atoms with van der Waals surface area (Å²) >= 11 is 0. The first-order valence-corrected chi connectivity index (χ1v) is 10.6. The zero-order valence-corrected chi connectivity index (χ0v) is 16.9. The summed E-state index contributed by atoms with van der Waals surface area (Å²) in [5.41, 5.74) is 1.26. The van der Waals surface area contributed by atoms with Crippen molar-refractivity contribution >= 4 is 11.9 Å². The number of carbonyl (C=O) groups is 1. The Morgan fingerprint density at radius 3 is 2.19 bits per heavy atom. The highest BCUT2D eigenvalue weighted by Crippen LogP contribution is 2.35. The highest BCUT2D eigenvalue weighted by molar-refractivity contribution is 5.78. The van der Waals surface area contributed by atoms with Crippen molar-refractivity contribution in [2.75, 3.05) is 25.0 Å². The fourth-order valence-electron chi connectivity index (χ4n) is 5.05. The number of likely N-dealkylation sites (tertiary alicyclic amines) is 1. The highest BCUT2D eigenvalue weighted by Gasteiger charge is 2.40. The van der Waals surface area contributed by atoms with Crippen LogP contribution < -0.4 is 10.2 Å². The fraction of sp³-hybridized carbons (Fsp3) is 0.762. The molecular formula is C21H33N5O. The predicted molar refractivity (Wildman–Crippen MR) is 107 cm³/mol. The monoisotopic (exact) mass is 371 g/mol. The molecule has 3 fully saturated rings. The van der Waals surface area contributed by atoms with Gasteiger partial charge in [-0.25, -0.2) is 9.97 Å². The van der Waals surface area contributed by atoms with Crippen LogP contribution in [0.25, 0.3) is 0 Å². The van der Waals surface area contributed by atoms with Gasteiger partial charge in [-0.15, -0.1) is 0 Å². The summed E-state index contributed by atoms with van der Waals surface area (Å²) in [6.45, 7) is 6.14. The third-order valence-electron chi connectivity index (χ3n) is 6.62. The molecule has 1 saturated carbocycles. The molecule has 4 rings (SSSR count). The minimum absolute atomic E-state index is 0.0635. The number of likely N-dealkylation sites (N-methyl/N-ethyl adjacent to an activating group) is 1. The van der Waals surface area contributed by atoms with Crippen LogP contribution in [0.5, 0.6) is 0 Å². The lowest BCUT2D eigenvalue weighted by Crippen LogP contribution is -2.53. The topological polar surface area (TPSA) is 61.4 Å². The summed E-state index contributed by atoms with van der Waals surface area (Å²) in [6, 6.07) is 1.47. The Bertz CT molecular complexity index is 639. The molecule has 2 bridgehead atoms. The summed E-state index contributed by atoms with van der Waals surface area (Å²) in [5.74, 6) is 1.68. The van der Waals surface area contributed by atoms with Crippen LogP contribution in [0.15, 0.2) is 12.4 Å². The van der Waals surface area contributed by atoms with Gasteiger partial charge >= 0.3 is 0 Å². The number of piperazine rings is 1. The Morgan fingerprint density at radius 2 is 1.63 bits per heavy atom. The molecule has 3 aliphatic rings. The van der Waals surface area contributed by atoms with Gasteiger partial charge in [-0.3, -0.25) is 4.79 Å². The van der Waals surface area contributed by atoms with Crippen LogP contribution >= 0.6 is 0 Å². The highest BCUT2D eigenvalue weighted by atomic mass is 16.1. The van der Waals surface area contributed by atoms with Gasteiger partial charge in [0.25, 0.3) is 0 Å². The molecule has 148 valence electrons. The lowest BCUT2D eigenvalue weighted by molar-refractivity contribution is -0.124. The van der Waals surface area contributed by atoms with Crippen LogP contribution in [0.2, 0.25) is 0 Å². The van der Waals surface area contributed by atoms with Gasteiger partial charge in [0.15, 0.2) is 0 Å². The maximum Gasteiger partial charge on any atom is 0.225 e. The van der Waals surface area contributed by atoms with Gasteiger partial charge in [0.2, 0.25) is 11.9 Å². The summed E-state index contributed by atoms with van der Waals surface area (Å²) < 4.78 is 0. The molecule has 0 radical (unpaired) electrons. The molecule has 1 aromatic rings. The van der Waals surface area contributed by atoms with E-state index in [-0.39, 0.29) is 11.8 Å². The second-order valence-corrected chi connectivity index (χ2v) is 9.04. The summed E-state index contributed by atoms with van der Waals surface area (Å²) in [6.07, 6.45) is 10.9. The Kier molecular flexibility index (Phi) is 5.35. The molecule has 1 aromatic heterocycles. The predicted octanol–water partition coefficient (Wildman–Crippen LogP) is 2.56. The molecule has 1 amide bonds. The van der Waals surface area contributed by atoms with Gasteiger partial charge in [-0.2, -0.15) is 0 Å². The molecule has 2 aliphatic heterocycles. The third-order valence-corrected chi connectivity index (χ3v) is 6.62. The van der Waals surface area contributed by atoms with Crippen LogP contribution in [-0.4, -0.2) is 59.0 Å². The summed E-state index contributed by atoms with van der Waals surface area (Å²) in [7, 11) is 2.21. The second-order valence-electron chi connectivity index (χ2n) is 9.04. The van der Waals surface area contributed by atoms with Crippen molar-refractivity contribution in [2.45, 2.75) is 76.4 Å². The SMILES string of the molecule is CC(C)C(=O)N[C@H]1CC[C@@H](c2cnc(N3C4CCC3CN(C)C4)nc2)CC1. The first-order valence-electron chi connectivity index (χ1n) is 10.6. The van der Waals surface area contributed by atoms with Crippen LogP contribution in [0.1, 0.15) is 63.9 Å². The minimum Gasteiger partial charge on any atom is -0.353 e. The zero-order valence-electron chi connectivity index (χ0n) is 16.9. The van der Waals surface area contributed by atoms with E-state index < -0.39 is 0 Å². The minimum atomic E-state index is 0.0635. The van der Waals surface area contributed by atoms with Crippen LogP contribution in [0, 0.1) is 5.92 Å². The van der Waals surface area contributed by atoms with Crippen molar-refractivity contribution in [3.8, 4) is 0 Å². The number of rotatable bonds is 4. The van der Waals surface area contributed by atoms with E-state index in [0.29, 0.717) is 24.0 Å². The fourth-order valence-corrected chi connectivity index (χ4v) is 5.05. The molecule has 2 unspecified atom stereocenters. The molecule has 0 aromatic carbocycles. The second kappa shape index (κ2) is 7.74. The number of amides is 1. The maximum absolute atomic E-state index is 11.9. The molecule has 2 atom stereocenters. The largest absolute Gasteiger partial charge is 0.353 e. The number of carbonyl (C=O) groups excluding carboxylic acids is 1. The van der Waals surface area contributed by atoms with Crippen molar-refractivity contribution in [3.63, 3.8) is 0 Å². The summed E-state index contributed by atoms with van der Waals surface area (Å²) in [5, 5.41) is 3.18. The third kappa shape index (κ3) is 3.96. The van der Waals surface area contributed by atoms with Crippen molar-refractivity contribution in [1.82, 2.24) is 20.2 Å². The van der Waals surface area contributed by atoms with Crippen molar-refractivity contribution in [1.29, 1.82) is 0 Å². The van der Waals surface area contributed by atoms with Crippen LogP contribution in [0.4, 0.5) is 5.95 Å². The molecule has 1 N–H and O–H groups in total. The van der Waals surface area contributed by atoms with Crippen LogP contribution in [-0.2, 0) is 4.79 Å². The molecule has 0 spiro atoms.